The van der Waals surface area contributed by atoms with Gasteiger partial charge in [-0.15, -0.1) is 0 Å². The Balaban J connectivity index is 0.000000423. The molecule has 0 heterocycles. The van der Waals surface area contributed by atoms with Gasteiger partial charge in [0.2, 0.25) is 0 Å². The number of rotatable bonds is 1. The van der Waals surface area contributed by atoms with E-state index in [-0.39, 0.29) is 5.82 Å². The molecule has 0 atom stereocenters. The lowest BCUT2D eigenvalue weighted by Gasteiger charge is -1.97. The third kappa shape index (κ3) is 6.68. The van der Waals surface area contributed by atoms with Gasteiger partial charge in [-0.3, -0.25) is 0 Å². The standard InChI is InChI=1S/C7H5BrFNS.C4H10/c8-6-2-1-3-7(9)5(6)4-10-11;1-4(2)3/h1-4,11H;4H,1-3H3/b10-4+;. The van der Waals surface area contributed by atoms with Crippen LogP contribution in [0, 0.1) is 11.7 Å². The van der Waals surface area contributed by atoms with Crippen LogP contribution in [0.4, 0.5) is 4.39 Å². The van der Waals surface area contributed by atoms with E-state index in [2.05, 4.69) is 53.9 Å². The first-order valence-electron chi connectivity index (χ1n) is 4.60. The van der Waals surface area contributed by atoms with Gasteiger partial charge in [-0.1, -0.05) is 42.8 Å². The van der Waals surface area contributed by atoms with Crippen molar-refractivity contribution in [3.63, 3.8) is 0 Å². The third-order valence-electron chi connectivity index (χ3n) is 1.19. The molecule has 1 aromatic carbocycles. The maximum Gasteiger partial charge on any atom is 0.133 e. The highest BCUT2D eigenvalue weighted by molar-refractivity contribution is 9.10. The van der Waals surface area contributed by atoms with E-state index in [0.717, 1.165) is 5.92 Å². The van der Waals surface area contributed by atoms with Gasteiger partial charge in [0.05, 0.1) is 0 Å². The summed E-state index contributed by atoms with van der Waals surface area (Å²) in [6, 6.07) is 4.73. The molecule has 0 aliphatic heterocycles. The topological polar surface area (TPSA) is 12.4 Å². The molecule has 1 nitrogen and oxygen atoms in total. The van der Waals surface area contributed by atoms with Crippen LogP contribution in [0.2, 0.25) is 0 Å². The zero-order valence-corrected chi connectivity index (χ0v) is 11.5. The van der Waals surface area contributed by atoms with Gasteiger partial charge in [-0.05, 0) is 30.9 Å². The van der Waals surface area contributed by atoms with Crippen molar-refractivity contribution in [2.75, 3.05) is 0 Å². The van der Waals surface area contributed by atoms with Crippen molar-refractivity contribution in [2.24, 2.45) is 10.3 Å². The molecule has 0 aliphatic rings. The van der Waals surface area contributed by atoms with E-state index >= 15 is 0 Å². The Morgan fingerprint density at radius 2 is 1.93 bits per heavy atom. The molecule has 0 unspecified atom stereocenters. The fourth-order valence-electron chi connectivity index (χ4n) is 0.692. The summed E-state index contributed by atoms with van der Waals surface area (Å²) in [7, 11) is 0. The highest BCUT2D eigenvalue weighted by atomic mass is 79.9. The SMILES string of the molecule is CC(C)C.Fc1cccc(Br)c1/C=N/S. The van der Waals surface area contributed by atoms with Crippen LogP contribution in [-0.2, 0) is 0 Å². The van der Waals surface area contributed by atoms with Crippen molar-refractivity contribution >= 4 is 35.0 Å². The number of hydrogen-bond donors (Lipinski definition) is 1. The summed E-state index contributed by atoms with van der Waals surface area (Å²) in [6.45, 7) is 6.50. The minimum atomic E-state index is -0.308. The molecule has 0 N–H and O–H groups in total. The summed E-state index contributed by atoms with van der Waals surface area (Å²) in [5, 5.41) is 0. The van der Waals surface area contributed by atoms with Gasteiger partial charge < -0.3 is 0 Å². The van der Waals surface area contributed by atoms with Gasteiger partial charge in [0.15, 0.2) is 0 Å². The van der Waals surface area contributed by atoms with E-state index in [1.54, 1.807) is 12.1 Å². The van der Waals surface area contributed by atoms with Crippen LogP contribution < -0.4 is 0 Å². The number of thiol groups is 1. The fourth-order valence-corrected chi connectivity index (χ4v) is 1.25. The number of hydrogen-bond acceptors (Lipinski definition) is 2. The van der Waals surface area contributed by atoms with Gasteiger partial charge in [-0.2, -0.15) is 0 Å². The molecule has 0 aliphatic carbocycles. The molecule has 0 saturated carbocycles. The molecule has 0 fully saturated rings. The maximum absolute atomic E-state index is 12.9. The van der Waals surface area contributed by atoms with E-state index in [1.807, 2.05) is 0 Å². The Kier molecular flexibility index (Phi) is 7.70. The molecule has 0 radical (unpaired) electrons. The summed E-state index contributed by atoms with van der Waals surface area (Å²) in [4.78, 5) is 0. The molecule has 15 heavy (non-hydrogen) atoms. The van der Waals surface area contributed by atoms with E-state index in [1.165, 1.54) is 12.3 Å². The van der Waals surface area contributed by atoms with Crippen LogP contribution in [0.5, 0.6) is 0 Å². The normalized spacial score (nSPS) is 10.3. The Morgan fingerprint density at radius 1 is 1.40 bits per heavy atom. The smallest absolute Gasteiger partial charge is 0.133 e. The van der Waals surface area contributed by atoms with Gasteiger partial charge in [0.1, 0.15) is 5.82 Å². The zero-order valence-electron chi connectivity index (χ0n) is 9.04. The second-order valence-corrected chi connectivity index (χ2v) is 4.70. The van der Waals surface area contributed by atoms with E-state index in [0.29, 0.717) is 10.0 Å². The van der Waals surface area contributed by atoms with Crippen molar-refractivity contribution in [2.45, 2.75) is 20.8 Å². The Labute approximate surface area is 104 Å². The van der Waals surface area contributed by atoms with E-state index in [9.17, 15) is 4.39 Å². The monoisotopic (exact) mass is 291 g/mol. The zero-order chi connectivity index (χ0) is 11.8. The molecule has 0 aromatic heterocycles. The minimum Gasteiger partial charge on any atom is -0.227 e. The third-order valence-corrected chi connectivity index (χ3v) is 1.99. The highest BCUT2D eigenvalue weighted by Gasteiger charge is 2.01. The molecule has 1 rings (SSSR count). The average Bonchev–Trinajstić information content (AvgIpc) is 2.11. The van der Waals surface area contributed by atoms with Crippen LogP contribution >= 0.6 is 28.7 Å². The van der Waals surface area contributed by atoms with Crippen molar-refractivity contribution < 1.29 is 4.39 Å². The first-order valence-corrected chi connectivity index (χ1v) is 5.79. The highest BCUT2D eigenvalue weighted by Crippen LogP contribution is 2.17. The molecule has 0 spiro atoms. The van der Waals surface area contributed by atoms with Crippen molar-refractivity contribution in [3.8, 4) is 0 Å². The van der Waals surface area contributed by atoms with Crippen LogP contribution in [0.15, 0.2) is 27.1 Å². The molecule has 84 valence electrons. The van der Waals surface area contributed by atoms with Crippen molar-refractivity contribution in [3.05, 3.63) is 34.1 Å². The summed E-state index contributed by atoms with van der Waals surface area (Å²) in [5.74, 6) is 0.525. The summed E-state index contributed by atoms with van der Waals surface area (Å²) in [6.07, 6.45) is 1.35. The quantitative estimate of drug-likeness (QED) is 0.577. The van der Waals surface area contributed by atoms with Gasteiger partial charge in [0.25, 0.3) is 0 Å². The number of nitrogens with zero attached hydrogens (tertiary/aromatic N) is 1. The second-order valence-electron chi connectivity index (χ2n) is 3.61. The predicted molar refractivity (Wildman–Crippen MR) is 71.2 cm³/mol. The fraction of sp³-hybridized carbons (Fsp3) is 0.364. The first-order chi connectivity index (χ1) is 6.99. The number of halogens is 2. The van der Waals surface area contributed by atoms with Gasteiger partial charge in [0, 0.05) is 16.3 Å². The Bertz CT molecular complexity index is 303. The summed E-state index contributed by atoms with van der Waals surface area (Å²) < 4.78 is 17.0. The Morgan fingerprint density at radius 3 is 2.33 bits per heavy atom. The first kappa shape index (κ1) is 14.6. The maximum atomic E-state index is 12.9. The average molecular weight is 292 g/mol. The lowest BCUT2D eigenvalue weighted by atomic mass is 10.2. The lowest BCUT2D eigenvalue weighted by Crippen LogP contribution is -1.87. The molecular weight excluding hydrogens is 277 g/mol. The molecule has 0 bridgehead atoms. The van der Waals surface area contributed by atoms with Crippen LogP contribution in [0.25, 0.3) is 0 Å². The largest absolute Gasteiger partial charge is 0.227 e. The van der Waals surface area contributed by atoms with E-state index in [4.69, 9.17) is 0 Å². The van der Waals surface area contributed by atoms with E-state index < -0.39 is 0 Å². The van der Waals surface area contributed by atoms with Crippen molar-refractivity contribution in [1.29, 1.82) is 0 Å². The van der Waals surface area contributed by atoms with Crippen LogP contribution in [0.3, 0.4) is 0 Å². The van der Waals surface area contributed by atoms with Gasteiger partial charge >= 0.3 is 0 Å². The van der Waals surface area contributed by atoms with Crippen LogP contribution in [0.1, 0.15) is 26.3 Å². The molecular formula is C11H15BrFNS. The molecule has 1 aromatic rings. The molecule has 0 saturated heterocycles. The predicted octanol–water partition coefficient (Wildman–Crippen LogP) is 4.51. The molecule has 4 heteroatoms. The summed E-state index contributed by atoms with van der Waals surface area (Å²) in [5.41, 5.74) is 0.419. The van der Waals surface area contributed by atoms with Crippen LogP contribution in [-0.4, -0.2) is 6.21 Å². The molecule has 0 amide bonds. The second kappa shape index (κ2) is 7.88. The number of benzene rings is 1. The van der Waals surface area contributed by atoms with Gasteiger partial charge in [-0.25, -0.2) is 8.79 Å². The lowest BCUT2D eigenvalue weighted by molar-refractivity contribution is 0.625. The summed E-state index contributed by atoms with van der Waals surface area (Å²) >= 11 is 6.79. The Hall–Kier alpha value is -0.350. The minimum absolute atomic E-state index is 0.308. The van der Waals surface area contributed by atoms with Crippen molar-refractivity contribution in [1.82, 2.24) is 0 Å².